The van der Waals surface area contributed by atoms with Crippen LogP contribution in [-0.4, -0.2) is 9.13 Å². The van der Waals surface area contributed by atoms with Gasteiger partial charge in [0.1, 0.15) is 11.4 Å². The first-order valence-electron chi connectivity index (χ1n) is 17.4. The van der Waals surface area contributed by atoms with E-state index in [1.165, 1.54) is 9.13 Å². The Morgan fingerprint density at radius 3 is 1.30 bits per heavy atom. The van der Waals surface area contributed by atoms with Crippen LogP contribution < -0.4 is 0 Å². The van der Waals surface area contributed by atoms with Crippen LogP contribution in [0.5, 0.6) is 0 Å². The van der Waals surface area contributed by atoms with Crippen LogP contribution in [0.25, 0.3) is 66.1 Å². The number of benzene rings is 6. The molecule has 2 heterocycles. The molecule has 8 rings (SSSR count). The molecule has 0 N–H and O–H groups in total. The summed E-state index contributed by atoms with van der Waals surface area (Å²) in [5, 5.41) is 2.84. The summed E-state index contributed by atoms with van der Waals surface area (Å²) >= 11 is 0. The summed E-state index contributed by atoms with van der Waals surface area (Å²) in [6, 6.07) is 29.5. The minimum atomic E-state index is -4.97. The van der Waals surface area contributed by atoms with E-state index in [1.54, 1.807) is 24.3 Å². The zero-order chi connectivity index (χ0) is 37.8. The Hall–Kier alpha value is -5.50. The molecule has 0 saturated heterocycles. The van der Waals surface area contributed by atoms with E-state index in [9.17, 15) is 4.39 Å². The fraction of sp³-hybridized carbons (Fsp3) is 0.200. The van der Waals surface area contributed by atoms with E-state index in [-0.39, 0.29) is 27.8 Å². The van der Waals surface area contributed by atoms with Crippen molar-refractivity contribution in [3.63, 3.8) is 0 Å². The molecule has 2 nitrogen and oxygen atoms in total. The smallest absolute Gasteiger partial charge is 0.309 e. The maximum atomic E-state index is 16.2. The molecule has 8 aromatic rings. The second kappa shape index (κ2) is 11.8. The van der Waals surface area contributed by atoms with Crippen LogP contribution in [0, 0.1) is 17.5 Å². The molecule has 53 heavy (non-hydrogen) atoms. The highest BCUT2D eigenvalue weighted by molar-refractivity contribution is 6.11. The Kier molecular flexibility index (Phi) is 7.67. The first kappa shape index (κ1) is 34.6. The summed E-state index contributed by atoms with van der Waals surface area (Å²) in [6.07, 6.45) is -4.97. The third-order valence-corrected chi connectivity index (χ3v) is 10.3. The Morgan fingerprint density at radius 1 is 0.453 bits per heavy atom. The average molecular weight is 719 g/mol. The number of fused-ring (bicyclic) bond motifs is 6. The molecular weight excluding hydrogens is 682 g/mol. The molecule has 268 valence electrons. The highest BCUT2D eigenvalue weighted by atomic mass is 19.4. The largest absolute Gasteiger partial charge is 0.420 e. The summed E-state index contributed by atoms with van der Waals surface area (Å²) in [5.41, 5.74) is 0.304. The third kappa shape index (κ3) is 5.49. The zero-order valence-electron chi connectivity index (χ0n) is 30.1. The molecular formula is C45H36F6N2. The van der Waals surface area contributed by atoms with Crippen molar-refractivity contribution in [1.82, 2.24) is 9.13 Å². The van der Waals surface area contributed by atoms with Gasteiger partial charge >= 0.3 is 6.18 Å². The van der Waals surface area contributed by atoms with Crippen LogP contribution in [0.2, 0.25) is 0 Å². The molecule has 0 amide bonds. The number of halogens is 6. The number of hydrogen-bond donors (Lipinski definition) is 0. The topological polar surface area (TPSA) is 9.86 Å². The van der Waals surface area contributed by atoms with E-state index in [0.717, 1.165) is 29.3 Å². The molecule has 0 unspecified atom stereocenters. The molecule has 0 aliphatic rings. The first-order valence-corrected chi connectivity index (χ1v) is 17.4. The standard InChI is InChI=1S/C45H36F6N2/c1-43(2,3)26-15-17-30-28-11-7-9-13-34(28)52(36(30)23-26)38-21-25(40-32(46)19-20-33(47)42(40)48)22-39(41(38)45(49,50)51)53-35-14-10-8-12-29(35)31-18-16-27(24-37(31)53)44(4,5)6/h7-24H,1-6H3. The van der Waals surface area contributed by atoms with Crippen LogP contribution in [0.15, 0.2) is 109 Å². The van der Waals surface area contributed by atoms with Crippen LogP contribution in [0.3, 0.4) is 0 Å². The highest BCUT2D eigenvalue weighted by Crippen LogP contribution is 2.47. The Labute approximate surface area is 302 Å². The number of rotatable bonds is 3. The van der Waals surface area contributed by atoms with Gasteiger partial charge in [-0.1, -0.05) is 102 Å². The monoisotopic (exact) mass is 718 g/mol. The maximum Gasteiger partial charge on any atom is 0.420 e. The molecule has 8 heteroatoms. The number of aromatic nitrogens is 2. The third-order valence-electron chi connectivity index (χ3n) is 10.3. The lowest BCUT2D eigenvalue weighted by Crippen LogP contribution is -2.17. The predicted molar refractivity (Wildman–Crippen MR) is 203 cm³/mol. The Bertz CT molecular complexity index is 2620. The van der Waals surface area contributed by atoms with Gasteiger partial charge < -0.3 is 9.13 Å². The van der Waals surface area contributed by atoms with Gasteiger partial charge in [0.05, 0.1) is 39.0 Å². The summed E-state index contributed by atoms with van der Waals surface area (Å²) in [4.78, 5) is 0. The lowest BCUT2D eigenvalue weighted by atomic mass is 9.86. The van der Waals surface area contributed by atoms with Crippen molar-refractivity contribution in [2.75, 3.05) is 0 Å². The second-order valence-electron chi connectivity index (χ2n) is 15.8. The van der Waals surface area contributed by atoms with Crippen LogP contribution in [0.1, 0.15) is 58.2 Å². The molecule has 2 aromatic heterocycles. The van der Waals surface area contributed by atoms with E-state index in [4.69, 9.17) is 0 Å². The fourth-order valence-electron chi connectivity index (χ4n) is 7.58. The quantitative estimate of drug-likeness (QED) is 0.127. The first-order chi connectivity index (χ1) is 24.9. The summed E-state index contributed by atoms with van der Waals surface area (Å²) in [5.74, 6) is -3.91. The minimum absolute atomic E-state index is 0.242. The number of nitrogens with zero attached hydrogens (tertiary/aromatic N) is 2. The van der Waals surface area contributed by atoms with Crippen molar-refractivity contribution in [3.05, 3.63) is 143 Å². The lowest BCUT2D eigenvalue weighted by molar-refractivity contribution is -0.137. The van der Waals surface area contributed by atoms with Gasteiger partial charge in [-0.25, -0.2) is 13.2 Å². The molecule has 0 aliphatic heterocycles. The van der Waals surface area contributed by atoms with Crippen molar-refractivity contribution in [2.45, 2.75) is 58.5 Å². The predicted octanol–water partition coefficient (Wildman–Crippen LogP) is 13.6. The number of alkyl halides is 3. The molecule has 0 radical (unpaired) electrons. The van der Waals surface area contributed by atoms with Crippen LogP contribution in [0.4, 0.5) is 26.3 Å². The van der Waals surface area contributed by atoms with Gasteiger partial charge in [0, 0.05) is 21.5 Å². The van der Waals surface area contributed by atoms with Crippen molar-refractivity contribution in [3.8, 4) is 22.5 Å². The normalized spacial score (nSPS) is 12.9. The average Bonchev–Trinajstić information content (AvgIpc) is 3.60. The number of para-hydroxylation sites is 2. The summed E-state index contributed by atoms with van der Waals surface area (Å²) in [6.45, 7) is 12.1. The molecule has 0 atom stereocenters. The summed E-state index contributed by atoms with van der Waals surface area (Å²) in [7, 11) is 0. The van der Waals surface area contributed by atoms with Crippen molar-refractivity contribution >= 4 is 43.6 Å². The van der Waals surface area contributed by atoms with Gasteiger partial charge in [-0.2, -0.15) is 13.2 Å². The SMILES string of the molecule is CC(C)(C)c1ccc2c3ccccc3n(-c3cc(-c4c(F)ccc(F)c4F)cc(-n4c5ccccc5c5ccc(C(C)(C)C)cc54)c3C(F)(F)F)c2c1. The minimum Gasteiger partial charge on any atom is -0.309 e. The van der Waals surface area contributed by atoms with Crippen LogP contribution >= 0.6 is 0 Å². The van der Waals surface area contributed by atoms with Gasteiger partial charge in [0.25, 0.3) is 0 Å². The van der Waals surface area contributed by atoms with Gasteiger partial charge in [-0.05, 0) is 76.1 Å². The van der Waals surface area contributed by atoms with Gasteiger partial charge in [-0.3, -0.25) is 0 Å². The Balaban J connectivity index is 1.63. The van der Waals surface area contributed by atoms with Crippen molar-refractivity contribution in [1.29, 1.82) is 0 Å². The van der Waals surface area contributed by atoms with E-state index >= 15 is 22.0 Å². The lowest BCUT2D eigenvalue weighted by Gasteiger charge is -2.24. The number of hydrogen-bond acceptors (Lipinski definition) is 0. The molecule has 0 bridgehead atoms. The van der Waals surface area contributed by atoms with Gasteiger partial charge in [-0.15, -0.1) is 0 Å². The molecule has 0 saturated carbocycles. The molecule has 0 fully saturated rings. The van der Waals surface area contributed by atoms with Crippen LogP contribution in [-0.2, 0) is 17.0 Å². The van der Waals surface area contributed by atoms with Crippen molar-refractivity contribution < 1.29 is 26.3 Å². The van der Waals surface area contributed by atoms with E-state index in [2.05, 4.69) is 0 Å². The zero-order valence-corrected chi connectivity index (χ0v) is 30.1. The van der Waals surface area contributed by atoms with Gasteiger partial charge in [0.2, 0.25) is 0 Å². The second-order valence-corrected chi connectivity index (χ2v) is 15.8. The fourth-order valence-corrected chi connectivity index (χ4v) is 7.58. The van der Waals surface area contributed by atoms with Crippen molar-refractivity contribution in [2.24, 2.45) is 0 Å². The van der Waals surface area contributed by atoms with Gasteiger partial charge in [0.15, 0.2) is 11.6 Å². The summed E-state index contributed by atoms with van der Waals surface area (Å²) < 4.78 is 97.9. The molecule has 0 aliphatic carbocycles. The molecule has 6 aromatic carbocycles. The van der Waals surface area contributed by atoms with E-state index < -0.39 is 34.8 Å². The van der Waals surface area contributed by atoms with E-state index in [0.29, 0.717) is 49.7 Å². The molecule has 0 spiro atoms. The Morgan fingerprint density at radius 2 is 0.868 bits per heavy atom. The van der Waals surface area contributed by atoms with E-state index in [1.807, 2.05) is 102 Å². The maximum absolute atomic E-state index is 16.2. The highest BCUT2D eigenvalue weighted by Gasteiger charge is 2.40.